The Labute approximate surface area is 132 Å². The fraction of sp³-hybridized carbons (Fsp3) is 0.375. The van der Waals surface area contributed by atoms with E-state index in [2.05, 4.69) is 4.98 Å². The first-order valence-corrected chi connectivity index (χ1v) is 8.06. The number of thiazole rings is 1. The summed E-state index contributed by atoms with van der Waals surface area (Å²) in [6, 6.07) is 6.38. The first-order valence-electron chi connectivity index (χ1n) is 7.24. The second-order valence-electron chi connectivity index (χ2n) is 5.59. The number of benzene rings is 1. The van der Waals surface area contributed by atoms with Crippen molar-refractivity contribution < 1.29 is 14.3 Å². The SMILES string of the molecule is CC1CCN(C(=O)c2cnc(-c3ccccc3F)s2)CC1O. The van der Waals surface area contributed by atoms with Crippen LogP contribution in [0.25, 0.3) is 10.6 Å². The van der Waals surface area contributed by atoms with Gasteiger partial charge in [0, 0.05) is 18.7 Å². The Morgan fingerprint density at radius 2 is 2.23 bits per heavy atom. The Morgan fingerprint density at radius 3 is 2.95 bits per heavy atom. The average molecular weight is 320 g/mol. The summed E-state index contributed by atoms with van der Waals surface area (Å²) < 4.78 is 13.8. The van der Waals surface area contributed by atoms with E-state index in [-0.39, 0.29) is 17.6 Å². The summed E-state index contributed by atoms with van der Waals surface area (Å²) in [6.07, 6.45) is 1.78. The minimum absolute atomic E-state index is 0.147. The van der Waals surface area contributed by atoms with Crippen LogP contribution in [0, 0.1) is 11.7 Å². The molecule has 1 amide bonds. The number of carbonyl (C=O) groups is 1. The molecular weight excluding hydrogens is 303 g/mol. The Hall–Kier alpha value is -1.79. The maximum Gasteiger partial charge on any atom is 0.265 e. The fourth-order valence-corrected chi connectivity index (χ4v) is 3.43. The lowest BCUT2D eigenvalue weighted by Gasteiger charge is -2.33. The molecule has 0 spiro atoms. The van der Waals surface area contributed by atoms with Gasteiger partial charge in [0.25, 0.3) is 5.91 Å². The highest BCUT2D eigenvalue weighted by Crippen LogP contribution is 2.28. The number of piperidine rings is 1. The van der Waals surface area contributed by atoms with Crippen molar-refractivity contribution in [3.63, 3.8) is 0 Å². The number of hydrogen-bond donors (Lipinski definition) is 1. The number of carbonyl (C=O) groups excluding carboxylic acids is 1. The third kappa shape index (κ3) is 2.89. The summed E-state index contributed by atoms with van der Waals surface area (Å²) >= 11 is 1.18. The number of amides is 1. The van der Waals surface area contributed by atoms with E-state index in [4.69, 9.17) is 0 Å². The molecule has 2 heterocycles. The maximum atomic E-state index is 13.8. The molecule has 0 saturated carbocycles. The smallest absolute Gasteiger partial charge is 0.265 e. The van der Waals surface area contributed by atoms with Crippen LogP contribution in [0.1, 0.15) is 23.0 Å². The van der Waals surface area contributed by atoms with Crippen LogP contribution in [0.5, 0.6) is 0 Å². The van der Waals surface area contributed by atoms with Crippen molar-refractivity contribution >= 4 is 17.2 Å². The topological polar surface area (TPSA) is 53.4 Å². The minimum atomic E-state index is -0.489. The van der Waals surface area contributed by atoms with Gasteiger partial charge in [0.15, 0.2) is 0 Å². The molecular formula is C16H17FN2O2S. The lowest BCUT2D eigenvalue weighted by Crippen LogP contribution is -2.45. The van der Waals surface area contributed by atoms with Crippen molar-refractivity contribution in [1.82, 2.24) is 9.88 Å². The second kappa shape index (κ2) is 6.14. The molecule has 1 aliphatic heterocycles. The number of halogens is 1. The summed E-state index contributed by atoms with van der Waals surface area (Å²) in [5.74, 6) is -0.288. The van der Waals surface area contributed by atoms with Gasteiger partial charge in [-0.1, -0.05) is 19.1 Å². The molecule has 3 rings (SSSR count). The molecule has 2 atom stereocenters. The monoisotopic (exact) mass is 320 g/mol. The zero-order chi connectivity index (χ0) is 15.7. The third-order valence-electron chi connectivity index (χ3n) is 4.03. The predicted octanol–water partition coefficient (Wildman–Crippen LogP) is 2.79. The molecule has 0 radical (unpaired) electrons. The first-order chi connectivity index (χ1) is 10.6. The predicted molar refractivity (Wildman–Crippen MR) is 83.2 cm³/mol. The number of β-amino-alcohol motifs (C(OH)–C–C–N with tert-alkyl or cyclic N) is 1. The molecule has 0 bridgehead atoms. The highest BCUT2D eigenvalue weighted by Gasteiger charge is 2.28. The van der Waals surface area contributed by atoms with E-state index in [1.165, 1.54) is 23.6 Å². The number of aromatic nitrogens is 1. The summed E-state index contributed by atoms with van der Waals surface area (Å²) in [5, 5.41) is 10.4. The van der Waals surface area contributed by atoms with Crippen molar-refractivity contribution in [3.8, 4) is 10.6 Å². The van der Waals surface area contributed by atoms with Crippen LogP contribution in [0.2, 0.25) is 0 Å². The zero-order valence-corrected chi connectivity index (χ0v) is 13.0. The van der Waals surface area contributed by atoms with Crippen LogP contribution in [0.4, 0.5) is 4.39 Å². The van der Waals surface area contributed by atoms with E-state index >= 15 is 0 Å². The number of aliphatic hydroxyl groups excluding tert-OH is 1. The van der Waals surface area contributed by atoms with Crippen LogP contribution in [-0.2, 0) is 0 Å². The molecule has 116 valence electrons. The van der Waals surface area contributed by atoms with E-state index in [1.54, 1.807) is 23.1 Å². The van der Waals surface area contributed by atoms with Gasteiger partial charge in [-0.3, -0.25) is 4.79 Å². The standard InChI is InChI=1S/C16H17FN2O2S/c1-10-6-7-19(9-13(10)20)16(21)14-8-18-15(22-14)11-4-2-3-5-12(11)17/h2-5,8,10,13,20H,6-7,9H2,1H3. The summed E-state index contributed by atoms with van der Waals surface area (Å²) in [4.78, 5) is 18.8. The normalized spacial score (nSPS) is 21.9. The average Bonchev–Trinajstić information content (AvgIpc) is 2.99. The van der Waals surface area contributed by atoms with E-state index in [9.17, 15) is 14.3 Å². The summed E-state index contributed by atoms with van der Waals surface area (Å²) in [5.41, 5.74) is 0.402. The summed E-state index contributed by atoms with van der Waals surface area (Å²) in [6.45, 7) is 2.95. The highest BCUT2D eigenvalue weighted by molar-refractivity contribution is 7.16. The van der Waals surface area contributed by atoms with Gasteiger partial charge in [0.2, 0.25) is 0 Å². The molecule has 4 nitrogen and oxygen atoms in total. The molecule has 6 heteroatoms. The zero-order valence-electron chi connectivity index (χ0n) is 12.2. The fourth-order valence-electron chi connectivity index (χ4n) is 2.52. The number of aliphatic hydroxyl groups is 1. The van der Waals surface area contributed by atoms with Crippen molar-refractivity contribution in [1.29, 1.82) is 0 Å². The minimum Gasteiger partial charge on any atom is -0.391 e. The molecule has 1 aromatic carbocycles. The van der Waals surface area contributed by atoms with Gasteiger partial charge in [-0.25, -0.2) is 9.37 Å². The molecule has 1 aliphatic rings. The van der Waals surface area contributed by atoms with E-state index in [1.807, 2.05) is 6.92 Å². The van der Waals surface area contributed by atoms with Crippen LogP contribution < -0.4 is 0 Å². The van der Waals surface area contributed by atoms with Crippen molar-refractivity contribution in [2.24, 2.45) is 5.92 Å². The van der Waals surface area contributed by atoms with Gasteiger partial charge in [-0.2, -0.15) is 0 Å². The number of rotatable bonds is 2. The number of hydrogen-bond acceptors (Lipinski definition) is 4. The Morgan fingerprint density at radius 1 is 1.45 bits per heavy atom. The lowest BCUT2D eigenvalue weighted by atomic mass is 9.96. The van der Waals surface area contributed by atoms with Gasteiger partial charge < -0.3 is 10.0 Å². The van der Waals surface area contributed by atoms with Crippen molar-refractivity contribution in [2.45, 2.75) is 19.4 Å². The number of likely N-dealkylation sites (tertiary alicyclic amines) is 1. The quantitative estimate of drug-likeness (QED) is 0.926. The molecule has 1 fully saturated rings. The van der Waals surface area contributed by atoms with Crippen molar-refractivity contribution in [2.75, 3.05) is 13.1 Å². The van der Waals surface area contributed by atoms with Crippen LogP contribution >= 0.6 is 11.3 Å². The first kappa shape index (κ1) is 15.1. The molecule has 1 aromatic heterocycles. The molecule has 2 unspecified atom stereocenters. The Bertz CT molecular complexity index is 688. The molecule has 2 aromatic rings. The molecule has 1 saturated heterocycles. The molecule has 0 aliphatic carbocycles. The van der Waals surface area contributed by atoms with Gasteiger partial charge in [-0.05, 0) is 24.5 Å². The van der Waals surface area contributed by atoms with Gasteiger partial charge in [0.05, 0.1) is 12.3 Å². The van der Waals surface area contributed by atoms with Crippen LogP contribution in [0.15, 0.2) is 30.5 Å². The van der Waals surface area contributed by atoms with E-state index in [0.717, 1.165) is 6.42 Å². The van der Waals surface area contributed by atoms with Crippen molar-refractivity contribution in [3.05, 3.63) is 41.2 Å². The van der Waals surface area contributed by atoms with E-state index < -0.39 is 6.10 Å². The third-order valence-corrected chi connectivity index (χ3v) is 5.05. The number of nitrogens with zero attached hydrogens (tertiary/aromatic N) is 2. The summed E-state index contributed by atoms with van der Waals surface area (Å²) in [7, 11) is 0. The van der Waals surface area contributed by atoms with Crippen LogP contribution in [-0.4, -0.2) is 40.1 Å². The van der Waals surface area contributed by atoms with Gasteiger partial charge >= 0.3 is 0 Å². The lowest BCUT2D eigenvalue weighted by molar-refractivity contribution is 0.0251. The maximum absolute atomic E-state index is 13.8. The molecule has 1 N–H and O–H groups in total. The molecule has 22 heavy (non-hydrogen) atoms. The highest BCUT2D eigenvalue weighted by atomic mass is 32.1. The van der Waals surface area contributed by atoms with Gasteiger partial charge in [-0.15, -0.1) is 11.3 Å². The Kier molecular flexibility index (Phi) is 4.22. The second-order valence-corrected chi connectivity index (χ2v) is 6.62. The van der Waals surface area contributed by atoms with Gasteiger partial charge in [0.1, 0.15) is 15.7 Å². The van der Waals surface area contributed by atoms with Crippen LogP contribution in [0.3, 0.4) is 0 Å². The largest absolute Gasteiger partial charge is 0.391 e. The van der Waals surface area contributed by atoms with E-state index in [0.29, 0.717) is 28.5 Å². The Balaban J connectivity index is 1.79.